The molecule has 7 nitrogen and oxygen atoms in total. The predicted octanol–water partition coefficient (Wildman–Crippen LogP) is 1.73. The number of nitrogens with one attached hydrogen (secondary N) is 3. The fourth-order valence-electron chi connectivity index (χ4n) is 2.56. The number of para-hydroxylation sites is 3. The Hall–Kier alpha value is -3.48. The first kappa shape index (κ1) is 14.1. The Morgan fingerprint density at radius 1 is 1.04 bits per heavy atom. The number of hydrogen-bond donors (Lipinski definition) is 3. The van der Waals surface area contributed by atoms with Gasteiger partial charge in [0.2, 0.25) is 5.43 Å². The van der Waals surface area contributed by atoms with Gasteiger partial charge in [-0.3, -0.25) is 14.7 Å². The minimum Gasteiger partial charge on any atom is -0.343 e. The minimum atomic E-state index is -0.539. The van der Waals surface area contributed by atoms with Crippen molar-refractivity contribution in [1.29, 1.82) is 0 Å². The molecule has 1 amide bonds. The molecule has 0 saturated carbocycles. The summed E-state index contributed by atoms with van der Waals surface area (Å²) < 4.78 is 0. The van der Waals surface area contributed by atoms with Crippen molar-refractivity contribution >= 4 is 27.8 Å². The fraction of sp³-hybridized carbons (Fsp3) is 0.0588. The lowest BCUT2D eigenvalue weighted by molar-refractivity contribution is 0.0943. The minimum absolute atomic E-state index is 0.162. The van der Waals surface area contributed by atoms with Crippen molar-refractivity contribution in [2.45, 2.75) is 6.54 Å². The van der Waals surface area contributed by atoms with Crippen LogP contribution >= 0.6 is 0 Å². The molecule has 4 aromatic rings. The molecule has 4 rings (SSSR count). The second-order valence-corrected chi connectivity index (χ2v) is 5.33. The van der Waals surface area contributed by atoms with Crippen molar-refractivity contribution < 1.29 is 4.79 Å². The molecule has 2 aromatic carbocycles. The zero-order chi connectivity index (χ0) is 16.5. The van der Waals surface area contributed by atoms with Crippen LogP contribution in [-0.2, 0) is 6.54 Å². The largest absolute Gasteiger partial charge is 0.343 e. The van der Waals surface area contributed by atoms with Gasteiger partial charge in [-0.15, -0.1) is 0 Å². The molecule has 7 heteroatoms. The highest BCUT2D eigenvalue weighted by Crippen LogP contribution is 2.10. The number of hydrogen-bond acceptors (Lipinski definition) is 4. The van der Waals surface area contributed by atoms with E-state index in [0.717, 1.165) is 11.0 Å². The Morgan fingerprint density at radius 2 is 1.79 bits per heavy atom. The molecule has 0 atom stereocenters. The second-order valence-electron chi connectivity index (χ2n) is 5.33. The number of aromatic nitrogens is 4. The van der Waals surface area contributed by atoms with Crippen LogP contribution in [0.25, 0.3) is 21.9 Å². The monoisotopic (exact) mass is 319 g/mol. The Bertz CT molecular complexity index is 1080. The molecule has 0 bridgehead atoms. The third-order valence-electron chi connectivity index (χ3n) is 3.74. The number of amides is 1. The van der Waals surface area contributed by atoms with Crippen LogP contribution < -0.4 is 10.7 Å². The molecule has 0 aliphatic rings. The summed E-state index contributed by atoms with van der Waals surface area (Å²) >= 11 is 0. The molecule has 0 aliphatic carbocycles. The van der Waals surface area contributed by atoms with Crippen LogP contribution in [0.4, 0.5) is 0 Å². The number of nitrogens with zero attached hydrogens (tertiary/aromatic N) is 2. The third kappa shape index (κ3) is 2.41. The Morgan fingerprint density at radius 3 is 2.62 bits per heavy atom. The Labute approximate surface area is 135 Å². The SMILES string of the molecule is O=C(NCc1nc2ccccc2[nH]1)c1n[nH]c2ccccc2c1=O. The molecular weight excluding hydrogens is 306 g/mol. The van der Waals surface area contributed by atoms with E-state index in [0.29, 0.717) is 16.7 Å². The summed E-state index contributed by atoms with van der Waals surface area (Å²) in [4.78, 5) is 32.1. The summed E-state index contributed by atoms with van der Waals surface area (Å²) in [6, 6.07) is 14.5. The number of carbonyl (C=O) groups excluding carboxylic acids is 1. The Balaban J connectivity index is 1.58. The van der Waals surface area contributed by atoms with E-state index in [1.807, 2.05) is 24.3 Å². The van der Waals surface area contributed by atoms with Gasteiger partial charge in [-0.2, -0.15) is 5.10 Å². The smallest absolute Gasteiger partial charge is 0.276 e. The fourth-order valence-corrected chi connectivity index (χ4v) is 2.56. The number of aromatic amines is 2. The van der Waals surface area contributed by atoms with E-state index in [-0.39, 0.29) is 12.2 Å². The van der Waals surface area contributed by atoms with Crippen LogP contribution in [-0.4, -0.2) is 26.1 Å². The molecule has 2 heterocycles. The maximum atomic E-state index is 12.4. The highest BCUT2D eigenvalue weighted by molar-refractivity contribution is 5.95. The molecule has 3 N–H and O–H groups in total. The summed E-state index contributed by atoms with van der Waals surface area (Å²) in [6.45, 7) is 0.182. The molecule has 2 aromatic heterocycles. The summed E-state index contributed by atoms with van der Waals surface area (Å²) in [5, 5.41) is 9.71. The molecule has 0 aliphatic heterocycles. The molecule has 24 heavy (non-hydrogen) atoms. The molecule has 0 radical (unpaired) electrons. The zero-order valence-corrected chi connectivity index (χ0v) is 12.5. The lowest BCUT2D eigenvalue weighted by atomic mass is 10.2. The van der Waals surface area contributed by atoms with Crippen LogP contribution in [0.15, 0.2) is 53.3 Å². The van der Waals surface area contributed by atoms with Crippen LogP contribution in [0.1, 0.15) is 16.3 Å². The van der Waals surface area contributed by atoms with Crippen molar-refractivity contribution in [3.63, 3.8) is 0 Å². The lowest BCUT2D eigenvalue weighted by Gasteiger charge is -2.03. The summed E-state index contributed by atoms with van der Waals surface area (Å²) in [5.41, 5.74) is 1.75. The van der Waals surface area contributed by atoms with Crippen LogP contribution in [0.2, 0.25) is 0 Å². The first-order chi connectivity index (χ1) is 11.7. The molecule has 0 fully saturated rings. The van der Waals surface area contributed by atoms with Crippen molar-refractivity contribution in [3.8, 4) is 0 Å². The normalized spacial score (nSPS) is 11.0. The van der Waals surface area contributed by atoms with Crippen LogP contribution in [0, 0.1) is 0 Å². The van der Waals surface area contributed by atoms with E-state index in [4.69, 9.17) is 0 Å². The Kier molecular flexibility index (Phi) is 3.31. The quantitative estimate of drug-likeness (QED) is 0.535. The summed E-state index contributed by atoms with van der Waals surface area (Å²) in [7, 11) is 0. The van der Waals surface area contributed by atoms with E-state index in [1.54, 1.807) is 24.3 Å². The van der Waals surface area contributed by atoms with Crippen LogP contribution in [0.3, 0.4) is 0 Å². The van der Waals surface area contributed by atoms with Crippen molar-refractivity contribution in [3.05, 3.63) is 70.3 Å². The van der Waals surface area contributed by atoms with Gasteiger partial charge in [-0.25, -0.2) is 4.98 Å². The highest BCUT2D eigenvalue weighted by Gasteiger charge is 2.15. The van der Waals surface area contributed by atoms with Gasteiger partial charge >= 0.3 is 0 Å². The van der Waals surface area contributed by atoms with Gasteiger partial charge in [-0.1, -0.05) is 24.3 Å². The molecule has 0 spiro atoms. The molecule has 118 valence electrons. The average Bonchev–Trinajstić information content (AvgIpc) is 3.03. The standard InChI is InChI=1S/C17H13N5O2/c23-16-10-5-1-2-6-11(10)21-22-15(16)17(24)18-9-14-19-12-7-3-4-8-13(12)20-14/h1-8H,9H2,(H,18,24)(H,19,20)(H,21,23). The number of rotatable bonds is 3. The molecule has 0 saturated heterocycles. The van der Waals surface area contributed by atoms with E-state index in [9.17, 15) is 9.59 Å². The van der Waals surface area contributed by atoms with E-state index in [2.05, 4.69) is 25.5 Å². The van der Waals surface area contributed by atoms with E-state index < -0.39 is 11.3 Å². The first-order valence-corrected chi connectivity index (χ1v) is 7.41. The van der Waals surface area contributed by atoms with Gasteiger partial charge in [0, 0.05) is 5.39 Å². The third-order valence-corrected chi connectivity index (χ3v) is 3.74. The van der Waals surface area contributed by atoms with Crippen LogP contribution in [0.5, 0.6) is 0 Å². The summed E-state index contributed by atoms with van der Waals surface area (Å²) in [6.07, 6.45) is 0. The second kappa shape index (κ2) is 5.62. The van der Waals surface area contributed by atoms with Gasteiger partial charge in [0.1, 0.15) is 5.82 Å². The molecular formula is C17H13N5O2. The first-order valence-electron chi connectivity index (χ1n) is 7.41. The molecule has 0 unspecified atom stereocenters. The number of fused-ring (bicyclic) bond motifs is 2. The lowest BCUT2D eigenvalue weighted by Crippen LogP contribution is -2.30. The summed E-state index contributed by atoms with van der Waals surface area (Å²) in [5.74, 6) is 0.0734. The van der Waals surface area contributed by atoms with Gasteiger partial charge in [0.25, 0.3) is 5.91 Å². The highest BCUT2D eigenvalue weighted by atomic mass is 16.2. The van der Waals surface area contributed by atoms with Gasteiger partial charge in [0.05, 0.1) is 23.1 Å². The van der Waals surface area contributed by atoms with Crippen molar-refractivity contribution in [2.75, 3.05) is 0 Å². The van der Waals surface area contributed by atoms with Gasteiger partial charge in [-0.05, 0) is 24.3 Å². The predicted molar refractivity (Wildman–Crippen MR) is 89.6 cm³/mol. The number of benzene rings is 2. The maximum absolute atomic E-state index is 12.4. The number of carbonyl (C=O) groups is 1. The zero-order valence-electron chi connectivity index (χ0n) is 12.5. The van der Waals surface area contributed by atoms with Crippen molar-refractivity contribution in [1.82, 2.24) is 25.5 Å². The number of imidazole rings is 1. The van der Waals surface area contributed by atoms with E-state index in [1.165, 1.54) is 0 Å². The van der Waals surface area contributed by atoms with E-state index >= 15 is 0 Å². The van der Waals surface area contributed by atoms with Gasteiger partial charge in [0.15, 0.2) is 5.69 Å². The van der Waals surface area contributed by atoms with Gasteiger partial charge < -0.3 is 10.3 Å². The average molecular weight is 319 g/mol. The van der Waals surface area contributed by atoms with Crippen molar-refractivity contribution in [2.24, 2.45) is 0 Å². The topological polar surface area (TPSA) is 104 Å². The number of H-pyrrole nitrogens is 2. The maximum Gasteiger partial charge on any atom is 0.276 e.